The van der Waals surface area contributed by atoms with E-state index >= 15 is 0 Å². The lowest BCUT2D eigenvalue weighted by Crippen LogP contribution is -2.27. The highest BCUT2D eigenvalue weighted by Crippen LogP contribution is 2.26. The number of nitro groups is 1. The summed E-state index contributed by atoms with van der Waals surface area (Å²) in [6.07, 6.45) is 1.45. The van der Waals surface area contributed by atoms with Crippen molar-refractivity contribution in [1.29, 1.82) is 0 Å². The Balaban J connectivity index is 3.29. The third kappa shape index (κ3) is 3.41. The maximum absolute atomic E-state index is 10.7. The first-order valence-corrected chi connectivity index (χ1v) is 5.35. The lowest BCUT2D eigenvalue weighted by molar-refractivity contribution is -0.385. The van der Waals surface area contributed by atoms with Crippen molar-refractivity contribution >= 4 is 27.3 Å². The van der Waals surface area contributed by atoms with Crippen molar-refractivity contribution in [1.82, 2.24) is 10.4 Å². The molecule has 1 rings (SSSR count). The summed E-state index contributed by atoms with van der Waals surface area (Å²) in [5.74, 6) is 10.8. The van der Waals surface area contributed by atoms with Gasteiger partial charge < -0.3 is 10.4 Å². The Morgan fingerprint density at radius 2 is 2.24 bits per heavy atom. The van der Waals surface area contributed by atoms with E-state index in [1.165, 1.54) is 23.3 Å². The van der Waals surface area contributed by atoms with E-state index in [1.807, 2.05) is 0 Å². The van der Waals surface area contributed by atoms with Gasteiger partial charge in [-0.25, -0.2) is 5.84 Å². The van der Waals surface area contributed by atoms with E-state index in [-0.39, 0.29) is 5.69 Å². The smallest absolute Gasteiger partial charge is 0.271 e. The fourth-order valence-electron chi connectivity index (χ4n) is 1.30. The fraction of sp³-hybridized carbons (Fsp3) is 0.111. The van der Waals surface area contributed by atoms with Crippen LogP contribution in [0.4, 0.5) is 5.69 Å². The first-order valence-electron chi connectivity index (χ1n) is 4.55. The third-order valence-corrected chi connectivity index (χ3v) is 2.45. The Hall–Kier alpha value is -1.64. The molecule has 0 aliphatic rings. The largest absolute Gasteiger partial charge is 0.329 e. The second-order valence-corrected chi connectivity index (χ2v) is 4.18. The Morgan fingerprint density at radius 1 is 1.59 bits per heavy atom. The summed E-state index contributed by atoms with van der Waals surface area (Å²) in [6, 6.07) is 4.53. The van der Waals surface area contributed by atoms with Crippen molar-refractivity contribution in [2.75, 3.05) is 7.05 Å². The van der Waals surface area contributed by atoms with Gasteiger partial charge >= 0.3 is 0 Å². The molecule has 1 aromatic rings. The fourth-order valence-corrected chi connectivity index (χ4v) is 1.78. The highest BCUT2D eigenvalue weighted by molar-refractivity contribution is 9.10. The molecular weight excluding hydrogens is 290 g/mol. The molecule has 0 atom stereocenters. The van der Waals surface area contributed by atoms with Gasteiger partial charge in [-0.1, -0.05) is 15.9 Å². The van der Waals surface area contributed by atoms with Crippen molar-refractivity contribution in [3.8, 4) is 0 Å². The molecule has 0 unspecified atom stereocenters. The van der Waals surface area contributed by atoms with Gasteiger partial charge in [0.15, 0.2) is 0 Å². The van der Waals surface area contributed by atoms with E-state index in [9.17, 15) is 10.1 Å². The molecule has 0 heterocycles. The Kier molecular flexibility index (Phi) is 4.44. The van der Waals surface area contributed by atoms with Crippen LogP contribution in [0.3, 0.4) is 0 Å². The van der Waals surface area contributed by atoms with Crippen molar-refractivity contribution < 1.29 is 4.92 Å². The molecule has 0 aliphatic heterocycles. The number of nitrogens with one attached hydrogen (secondary N) is 1. The standard InChI is InChI=1S/C9H12BrN5O2/c1-14(12)9(5-13-11)6-2-7(10)4-8(3-6)15(16)17/h2-5,13H,11-12H2,1H3. The van der Waals surface area contributed by atoms with Crippen LogP contribution < -0.4 is 17.1 Å². The monoisotopic (exact) mass is 301 g/mol. The summed E-state index contributed by atoms with van der Waals surface area (Å²) < 4.78 is 0.589. The minimum absolute atomic E-state index is 0.0286. The first kappa shape index (κ1) is 13.4. The van der Waals surface area contributed by atoms with Crippen LogP contribution in [-0.4, -0.2) is 17.0 Å². The molecule has 7 nitrogen and oxygen atoms in total. The molecule has 8 heteroatoms. The zero-order chi connectivity index (χ0) is 13.0. The number of benzene rings is 1. The van der Waals surface area contributed by atoms with Crippen LogP contribution >= 0.6 is 15.9 Å². The normalized spacial score (nSPS) is 11.2. The van der Waals surface area contributed by atoms with E-state index in [0.29, 0.717) is 15.7 Å². The minimum Gasteiger partial charge on any atom is -0.329 e. The molecular formula is C9H12BrN5O2. The van der Waals surface area contributed by atoms with Crippen LogP contribution in [-0.2, 0) is 0 Å². The Labute approximate surface area is 106 Å². The van der Waals surface area contributed by atoms with Crippen LogP contribution in [0.25, 0.3) is 5.70 Å². The summed E-state index contributed by atoms with van der Waals surface area (Å²) in [4.78, 5) is 10.3. The number of halogens is 1. The topological polar surface area (TPSA) is 110 Å². The molecule has 1 aromatic carbocycles. The number of non-ortho nitro benzene ring substituents is 1. The van der Waals surface area contributed by atoms with Gasteiger partial charge in [-0.15, -0.1) is 0 Å². The van der Waals surface area contributed by atoms with E-state index in [2.05, 4.69) is 21.4 Å². The highest BCUT2D eigenvalue weighted by Gasteiger charge is 2.12. The number of nitrogens with zero attached hydrogens (tertiary/aromatic N) is 2. The van der Waals surface area contributed by atoms with E-state index in [0.717, 1.165) is 0 Å². The van der Waals surface area contributed by atoms with Gasteiger partial charge in [-0.05, 0) is 6.07 Å². The second kappa shape index (κ2) is 5.62. The van der Waals surface area contributed by atoms with Crippen LogP contribution in [0.5, 0.6) is 0 Å². The molecule has 0 bridgehead atoms. The first-order chi connectivity index (χ1) is 7.95. The maximum atomic E-state index is 10.7. The van der Waals surface area contributed by atoms with Crippen LogP contribution in [0, 0.1) is 10.1 Å². The summed E-state index contributed by atoms with van der Waals surface area (Å²) in [5.41, 5.74) is 3.42. The Morgan fingerprint density at radius 3 is 2.71 bits per heavy atom. The van der Waals surface area contributed by atoms with Crippen molar-refractivity contribution in [2.45, 2.75) is 0 Å². The number of hydrogen-bond acceptors (Lipinski definition) is 6. The van der Waals surface area contributed by atoms with Gasteiger partial charge in [-0.2, -0.15) is 0 Å². The average Bonchev–Trinajstić information content (AvgIpc) is 2.24. The molecule has 0 fully saturated rings. The molecule has 92 valence electrons. The van der Waals surface area contributed by atoms with Crippen LogP contribution in [0.15, 0.2) is 28.9 Å². The predicted octanol–water partition coefficient (Wildman–Crippen LogP) is 0.925. The Bertz CT molecular complexity index is 461. The van der Waals surface area contributed by atoms with E-state index in [4.69, 9.17) is 11.7 Å². The van der Waals surface area contributed by atoms with Gasteiger partial charge in [0, 0.05) is 35.4 Å². The molecule has 0 aromatic heterocycles. The molecule has 0 aliphatic carbocycles. The number of nitro benzene ring substituents is 1. The van der Waals surface area contributed by atoms with Crippen molar-refractivity contribution in [2.24, 2.45) is 11.7 Å². The summed E-state index contributed by atoms with van der Waals surface area (Å²) in [7, 11) is 1.61. The van der Waals surface area contributed by atoms with Gasteiger partial charge in [0.1, 0.15) is 0 Å². The molecule has 17 heavy (non-hydrogen) atoms. The number of hydrogen-bond donors (Lipinski definition) is 3. The zero-order valence-electron chi connectivity index (χ0n) is 9.05. The van der Waals surface area contributed by atoms with Crippen LogP contribution in [0.2, 0.25) is 0 Å². The SMILES string of the molecule is CN(N)C(=CNN)c1cc(Br)cc([N+](=O)[O-])c1. The van der Waals surface area contributed by atoms with Gasteiger partial charge in [0.25, 0.3) is 5.69 Å². The highest BCUT2D eigenvalue weighted by atomic mass is 79.9. The molecule has 0 amide bonds. The number of hydrazine groups is 2. The third-order valence-electron chi connectivity index (χ3n) is 1.99. The van der Waals surface area contributed by atoms with Crippen LogP contribution in [0.1, 0.15) is 5.56 Å². The second-order valence-electron chi connectivity index (χ2n) is 3.26. The number of rotatable bonds is 4. The maximum Gasteiger partial charge on any atom is 0.271 e. The van der Waals surface area contributed by atoms with Gasteiger partial charge in [0.2, 0.25) is 0 Å². The van der Waals surface area contributed by atoms with Crippen molar-refractivity contribution in [3.05, 3.63) is 44.5 Å². The molecule has 0 spiro atoms. The summed E-state index contributed by atoms with van der Waals surface area (Å²) in [6.45, 7) is 0. The molecule has 5 N–H and O–H groups in total. The van der Waals surface area contributed by atoms with E-state index < -0.39 is 4.92 Å². The summed E-state index contributed by atoms with van der Waals surface area (Å²) in [5, 5.41) is 12.0. The zero-order valence-corrected chi connectivity index (χ0v) is 10.6. The summed E-state index contributed by atoms with van der Waals surface area (Å²) >= 11 is 3.21. The lowest BCUT2D eigenvalue weighted by atomic mass is 10.1. The van der Waals surface area contributed by atoms with E-state index in [1.54, 1.807) is 13.1 Å². The molecule has 0 saturated carbocycles. The minimum atomic E-state index is -0.474. The molecule has 0 saturated heterocycles. The van der Waals surface area contributed by atoms with Crippen molar-refractivity contribution in [3.63, 3.8) is 0 Å². The average molecular weight is 302 g/mol. The quantitative estimate of drug-likeness (QED) is 0.433. The van der Waals surface area contributed by atoms with Gasteiger partial charge in [-0.3, -0.25) is 16.0 Å². The lowest BCUT2D eigenvalue weighted by Gasteiger charge is -2.17. The van der Waals surface area contributed by atoms with Gasteiger partial charge in [0.05, 0.1) is 10.6 Å². The number of nitrogens with two attached hydrogens (primary N) is 2. The molecule has 0 radical (unpaired) electrons. The predicted molar refractivity (Wildman–Crippen MR) is 68.0 cm³/mol.